The largest absolute Gasteiger partial charge is 0.469 e. The minimum atomic E-state index is -0.344. The molecule has 0 bridgehead atoms. The van der Waals surface area contributed by atoms with E-state index in [2.05, 4.69) is 5.32 Å². The number of hydrogen-bond acceptors (Lipinski definition) is 3. The van der Waals surface area contributed by atoms with Gasteiger partial charge in [-0.05, 0) is 19.1 Å². The lowest BCUT2D eigenvalue weighted by Crippen LogP contribution is -2.27. The van der Waals surface area contributed by atoms with Crippen molar-refractivity contribution in [1.82, 2.24) is 5.32 Å². The van der Waals surface area contributed by atoms with Gasteiger partial charge in [0.2, 0.25) is 5.91 Å². The zero-order chi connectivity index (χ0) is 9.68. The van der Waals surface area contributed by atoms with Crippen molar-refractivity contribution in [1.29, 1.82) is 5.26 Å². The lowest BCUT2D eigenvalue weighted by Gasteiger charge is -2.06. The fraction of sp³-hybridized carbons (Fsp3) is 0.333. The van der Waals surface area contributed by atoms with Crippen LogP contribution in [0.25, 0.3) is 0 Å². The Hall–Kier alpha value is -1.76. The fourth-order valence-corrected chi connectivity index (χ4v) is 0.947. The maximum Gasteiger partial charge on any atom is 0.231 e. The Morgan fingerprint density at radius 2 is 2.62 bits per heavy atom. The Bertz CT molecular complexity index is 311. The quantitative estimate of drug-likeness (QED) is 0.703. The number of carbonyl (C=O) groups excluding carboxylic acids is 1. The smallest absolute Gasteiger partial charge is 0.231 e. The zero-order valence-electron chi connectivity index (χ0n) is 7.28. The molecule has 0 spiro atoms. The summed E-state index contributed by atoms with van der Waals surface area (Å²) >= 11 is 0. The van der Waals surface area contributed by atoms with E-state index in [0.29, 0.717) is 5.76 Å². The zero-order valence-corrected chi connectivity index (χ0v) is 7.28. The molecule has 0 saturated carbocycles. The van der Waals surface area contributed by atoms with E-state index in [1.807, 2.05) is 6.07 Å². The molecule has 1 N–H and O–H groups in total. The SMILES string of the molecule is CC(C(=O)NCC#N)c1ccco1. The van der Waals surface area contributed by atoms with Crippen LogP contribution < -0.4 is 5.32 Å². The summed E-state index contributed by atoms with van der Waals surface area (Å²) in [6, 6.07) is 5.29. The summed E-state index contributed by atoms with van der Waals surface area (Å²) in [7, 11) is 0. The highest BCUT2D eigenvalue weighted by Crippen LogP contribution is 2.14. The van der Waals surface area contributed by atoms with E-state index in [4.69, 9.17) is 9.68 Å². The molecule has 1 aromatic heterocycles. The third-order valence-corrected chi connectivity index (χ3v) is 1.70. The van der Waals surface area contributed by atoms with Crippen molar-refractivity contribution in [3.05, 3.63) is 24.2 Å². The van der Waals surface area contributed by atoms with Crippen molar-refractivity contribution >= 4 is 5.91 Å². The Morgan fingerprint density at radius 3 is 3.15 bits per heavy atom. The summed E-state index contributed by atoms with van der Waals surface area (Å²) in [5.74, 6) is 0.0651. The van der Waals surface area contributed by atoms with Crippen molar-refractivity contribution in [3.8, 4) is 6.07 Å². The van der Waals surface area contributed by atoms with Gasteiger partial charge < -0.3 is 9.73 Å². The molecule has 4 heteroatoms. The summed E-state index contributed by atoms with van der Waals surface area (Å²) in [4.78, 5) is 11.3. The minimum absolute atomic E-state index is 0.0316. The minimum Gasteiger partial charge on any atom is -0.469 e. The molecule has 13 heavy (non-hydrogen) atoms. The van der Waals surface area contributed by atoms with Crippen LogP contribution in [0.3, 0.4) is 0 Å². The van der Waals surface area contributed by atoms with E-state index in [1.54, 1.807) is 19.1 Å². The van der Waals surface area contributed by atoms with Crippen molar-refractivity contribution in [2.24, 2.45) is 0 Å². The molecule has 1 aromatic rings. The topological polar surface area (TPSA) is 66.0 Å². The standard InChI is InChI=1S/C9H10N2O2/c1-7(8-3-2-6-13-8)9(12)11-5-4-10/h2-3,6-7H,5H2,1H3,(H,11,12). The number of amides is 1. The van der Waals surface area contributed by atoms with Crippen LogP contribution in [0.4, 0.5) is 0 Å². The highest BCUT2D eigenvalue weighted by Gasteiger charge is 2.16. The average molecular weight is 178 g/mol. The average Bonchev–Trinajstić information content (AvgIpc) is 2.65. The summed E-state index contributed by atoms with van der Waals surface area (Å²) < 4.78 is 5.05. The first-order chi connectivity index (χ1) is 6.25. The highest BCUT2D eigenvalue weighted by molar-refractivity contribution is 5.82. The van der Waals surface area contributed by atoms with E-state index in [-0.39, 0.29) is 18.4 Å². The van der Waals surface area contributed by atoms with Gasteiger partial charge in [0.25, 0.3) is 0 Å². The van der Waals surface area contributed by atoms with Gasteiger partial charge in [0.15, 0.2) is 0 Å². The number of rotatable bonds is 3. The second kappa shape index (κ2) is 4.31. The van der Waals surface area contributed by atoms with Gasteiger partial charge in [-0.1, -0.05) is 0 Å². The molecule has 1 rings (SSSR count). The first-order valence-corrected chi connectivity index (χ1v) is 3.93. The molecule has 1 heterocycles. The molecule has 0 aromatic carbocycles. The monoisotopic (exact) mass is 178 g/mol. The van der Waals surface area contributed by atoms with E-state index < -0.39 is 0 Å². The van der Waals surface area contributed by atoms with Gasteiger partial charge in [0, 0.05) is 0 Å². The number of carbonyl (C=O) groups is 1. The molecule has 4 nitrogen and oxygen atoms in total. The predicted molar refractivity (Wildman–Crippen MR) is 45.7 cm³/mol. The Balaban J connectivity index is 2.54. The number of nitrogens with zero attached hydrogens (tertiary/aromatic N) is 1. The third-order valence-electron chi connectivity index (χ3n) is 1.70. The van der Waals surface area contributed by atoms with Gasteiger partial charge in [-0.2, -0.15) is 5.26 Å². The highest BCUT2D eigenvalue weighted by atomic mass is 16.3. The van der Waals surface area contributed by atoms with Crippen molar-refractivity contribution in [2.75, 3.05) is 6.54 Å². The molecule has 0 aliphatic rings. The Morgan fingerprint density at radius 1 is 1.85 bits per heavy atom. The summed E-state index contributed by atoms with van der Waals surface area (Å²) in [5, 5.41) is 10.7. The number of nitrogens with one attached hydrogen (secondary N) is 1. The number of hydrogen-bond donors (Lipinski definition) is 1. The lowest BCUT2D eigenvalue weighted by molar-refractivity contribution is -0.122. The first kappa shape index (κ1) is 9.33. The van der Waals surface area contributed by atoms with E-state index in [0.717, 1.165) is 0 Å². The molecule has 1 atom stereocenters. The van der Waals surface area contributed by atoms with Crippen molar-refractivity contribution < 1.29 is 9.21 Å². The molecule has 68 valence electrons. The molecular formula is C9H10N2O2. The third kappa shape index (κ3) is 2.34. The van der Waals surface area contributed by atoms with Crippen LogP contribution in [0.5, 0.6) is 0 Å². The van der Waals surface area contributed by atoms with Crippen LogP contribution in [0.2, 0.25) is 0 Å². The molecule has 0 aliphatic carbocycles. The molecule has 0 aliphatic heterocycles. The van der Waals surface area contributed by atoms with Crippen molar-refractivity contribution in [2.45, 2.75) is 12.8 Å². The fourth-order valence-electron chi connectivity index (χ4n) is 0.947. The first-order valence-electron chi connectivity index (χ1n) is 3.93. The normalized spacial score (nSPS) is 11.7. The molecule has 1 amide bonds. The molecule has 0 fully saturated rings. The lowest BCUT2D eigenvalue weighted by atomic mass is 10.1. The van der Waals surface area contributed by atoms with Gasteiger partial charge in [-0.15, -0.1) is 0 Å². The van der Waals surface area contributed by atoms with Crippen LogP contribution in [0.1, 0.15) is 18.6 Å². The van der Waals surface area contributed by atoms with Gasteiger partial charge in [0.1, 0.15) is 12.3 Å². The van der Waals surface area contributed by atoms with Gasteiger partial charge in [-0.3, -0.25) is 4.79 Å². The molecule has 1 unspecified atom stereocenters. The molecular weight excluding hydrogens is 168 g/mol. The summed E-state index contributed by atoms with van der Waals surface area (Å²) in [5.41, 5.74) is 0. The van der Waals surface area contributed by atoms with Crippen LogP contribution >= 0.6 is 0 Å². The maximum atomic E-state index is 11.3. The predicted octanol–water partition coefficient (Wildman–Crippen LogP) is 1.02. The summed E-state index contributed by atoms with van der Waals surface area (Å²) in [6.07, 6.45) is 1.52. The maximum absolute atomic E-state index is 11.3. The Kier molecular flexibility index (Phi) is 3.09. The van der Waals surface area contributed by atoms with Gasteiger partial charge in [0.05, 0.1) is 18.3 Å². The van der Waals surface area contributed by atoms with E-state index in [9.17, 15) is 4.79 Å². The van der Waals surface area contributed by atoms with E-state index in [1.165, 1.54) is 6.26 Å². The van der Waals surface area contributed by atoms with E-state index >= 15 is 0 Å². The number of furan rings is 1. The van der Waals surface area contributed by atoms with Crippen LogP contribution in [-0.4, -0.2) is 12.5 Å². The van der Waals surface area contributed by atoms with Crippen LogP contribution in [0.15, 0.2) is 22.8 Å². The Labute approximate surface area is 76.2 Å². The second-order valence-corrected chi connectivity index (χ2v) is 2.61. The second-order valence-electron chi connectivity index (χ2n) is 2.61. The summed E-state index contributed by atoms with van der Waals surface area (Å²) in [6.45, 7) is 1.76. The molecule has 0 saturated heterocycles. The number of nitriles is 1. The molecule has 0 radical (unpaired) electrons. The van der Waals surface area contributed by atoms with Crippen molar-refractivity contribution in [3.63, 3.8) is 0 Å². The van der Waals surface area contributed by atoms with Gasteiger partial charge in [-0.25, -0.2) is 0 Å². The van der Waals surface area contributed by atoms with Crippen LogP contribution in [-0.2, 0) is 4.79 Å². The van der Waals surface area contributed by atoms with Crippen LogP contribution in [0, 0.1) is 11.3 Å². The van der Waals surface area contributed by atoms with Gasteiger partial charge >= 0.3 is 0 Å².